The molecule has 1 aromatic heterocycles. The fourth-order valence-corrected chi connectivity index (χ4v) is 2.74. The lowest BCUT2D eigenvalue weighted by Crippen LogP contribution is -2.06. The summed E-state index contributed by atoms with van der Waals surface area (Å²) in [6.07, 6.45) is 2.49. The molecule has 1 aliphatic rings. The van der Waals surface area contributed by atoms with Crippen molar-refractivity contribution >= 4 is 27.6 Å². The van der Waals surface area contributed by atoms with Crippen LogP contribution in [0.25, 0.3) is 5.69 Å². The highest BCUT2D eigenvalue weighted by atomic mass is 79.9. The van der Waals surface area contributed by atoms with Crippen LogP contribution in [-0.2, 0) is 0 Å². The third-order valence-corrected chi connectivity index (χ3v) is 4.17. The summed E-state index contributed by atoms with van der Waals surface area (Å²) in [4.78, 5) is 0. The topological polar surface area (TPSA) is 79.7 Å². The Balaban J connectivity index is 1.99. The van der Waals surface area contributed by atoms with Crippen molar-refractivity contribution in [2.75, 3.05) is 17.6 Å². The van der Waals surface area contributed by atoms with Crippen molar-refractivity contribution in [3.8, 4) is 11.8 Å². The molecule has 108 valence electrons. The van der Waals surface area contributed by atoms with E-state index in [4.69, 9.17) is 5.73 Å². The quantitative estimate of drug-likeness (QED) is 0.891. The predicted molar refractivity (Wildman–Crippen MR) is 86.3 cm³/mol. The van der Waals surface area contributed by atoms with Crippen molar-refractivity contribution < 1.29 is 0 Å². The van der Waals surface area contributed by atoms with Gasteiger partial charge in [0.1, 0.15) is 17.5 Å². The number of anilines is 2. The SMILES string of the molecule is Cc1cc(Br)ccc1-n1nc(NCC2CC2)c(C#N)c1N. The first kappa shape index (κ1) is 14.0. The molecule has 21 heavy (non-hydrogen) atoms. The lowest BCUT2D eigenvalue weighted by atomic mass is 10.2. The third-order valence-electron chi connectivity index (χ3n) is 3.68. The summed E-state index contributed by atoms with van der Waals surface area (Å²) in [5, 5.41) is 17.1. The minimum Gasteiger partial charge on any atom is -0.382 e. The van der Waals surface area contributed by atoms with E-state index in [9.17, 15) is 5.26 Å². The molecule has 0 aliphatic heterocycles. The number of nitriles is 1. The van der Waals surface area contributed by atoms with Gasteiger partial charge in [-0.15, -0.1) is 5.10 Å². The van der Waals surface area contributed by atoms with Crippen LogP contribution < -0.4 is 11.1 Å². The second kappa shape index (κ2) is 5.41. The molecule has 0 amide bonds. The van der Waals surface area contributed by atoms with Gasteiger partial charge in [0.05, 0.1) is 5.69 Å². The number of halogens is 1. The molecule has 1 aliphatic carbocycles. The van der Waals surface area contributed by atoms with Crippen LogP contribution in [0.1, 0.15) is 24.0 Å². The smallest absolute Gasteiger partial charge is 0.168 e. The van der Waals surface area contributed by atoms with E-state index in [0.717, 1.165) is 22.3 Å². The zero-order valence-corrected chi connectivity index (χ0v) is 13.3. The van der Waals surface area contributed by atoms with Gasteiger partial charge in [-0.1, -0.05) is 15.9 Å². The van der Waals surface area contributed by atoms with E-state index >= 15 is 0 Å². The number of nitrogens with one attached hydrogen (secondary N) is 1. The molecule has 0 spiro atoms. The van der Waals surface area contributed by atoms with E-state index in [1.807, 2.05) is 25.1 Å². The van der Waals surface area contributed by atoms with Gasteiger partial charge in [0.25, 0.3) is 0 Å². The first-order valence-corrected chi connectivity index (χ1v) is 7.68. The summed E-state index contributed by atoms with van der Waals surface area (Å²) in [5.41, 5.74) is 8.44. The Hall–Kier alpha value is -2.00. The number of nitrogens with two attached hydrogens (primary N) is 1. The molecule has 0 bridgehead atoms. The molecule has 1 saturated carbocycles. The maximum atomic E-state index is 9.32. The van der Waals surface area contributed by atoms with Crippen LogP contribution in [0, 0.1) is 24.2 Å². The van der Waals surface area contributed by atoms with Crippen LogP contribution in [0.15, 0.2) is 22.7 Å². The fraction of sp³-hybridized carbons (Fsp3) is 0.333. The molecule has 0 atom stereocenters. The zero-order valence-electron chi connectivity index (χ0n) is 11.7. The minimum absolute atomic E-state index is 0.376. The van der Waals surface area contributed by atoms with Gasteiger partial charge in [0.15, 0.2) is 5.82 Å². The maximum Gasteiger partial charge on any atom is 0.168 e. The second-order valence-corrected chi connectivity index (χ2v) is 6.30. The van der Waals surface area contributed by atoms with Crippen molar-refractivity contribution in [1.82, 2.24) is 9.78 Å². The molecule has 1 heterocycles. The number of aryl methyl sites for hydroxylation is 1. The number of benzene rings is 1. The third kappa shape index (κ3) is 2.74. The number of hydrogen-bond acceptors (Lipinski definition) is 4. The lowest BCUT2D eigenvalue weighted by Gasteiger charge is -2.08. The minimum atomic E-state index is 0.376. The van der Waals surface area contributed by atoms with Gasteiger partial charge in [0, 0.05) is 11.0 Å². The van der Waals surface area contributed by atoms with E-state index in [-0.39, 0.29) is 0 Å². The zero-order chi connectivity index (χ0) is 15.0. The summed E-state index contributed by atoms with van der Waals surface area (Å²) in [7, 11) is 0. The number of nitrogens with zero attached hydrogens (tertiary/aromatic N) is 3. The monoisotopic (exact) mass is 345 g/mol. The van der Waals surface area contributed by atoms with Crippen molar-refractivity contribution in [1.29, 1.82) is 5.26 Å². The van der Waals surface area contributed by atoms with Crippen molar-refractivity contribution in [2.45, 2.75) is 19.8 Å². The number of nitrogen functional groups attached to an aromatic ring is 1. The summed E-state index contributed by atoms with van der Waals surface area (Å²) < 4.78 is 2.64. The van der Waals surface area contributed by atoms with Crippen LogP contribution in [0.3, 0.4) is 0 Å². The maximum absolute atomic E-state index is 9.32. The fourth-order valence-electron chi connectivity index (χ4n) is 2.27. The molecular formula is C15H16BrN5. The molecule has 2 aromatic rings. The van der Waals surface area contributed by atoms with E-state index in [0.29, 0.717) is 23.1 Å². The Bertz CT molecular complexity index is 724. The normalized spacial score (nSPS) is 14.0. The standard InChI is InChI=1S/C15H16BrN5/c1-9-6-11(16)4-5-13(9)21-14(18)12(7-17)15(20-21)19-8-10-2-3-10/h4-6,10H,2-3,8,18H2,1H3,(H,19,20). The van der Waals surface area contributed by atoms with Crippen LogP contribution in [0.2, 0.25) is 0 Å². The Kier molecular flexibility index (Phi) is 3.60. The molecular weight excluding hydrogens is 330 g/mol. The average molecular weight is 346 g/mol. The first-order valence-electron chi connectivity index (χ1n) is 6.89. The lowest BCUT2D eigenvalue weighted by molar-refractivity contribution is 0.851. The highest BCUT2D eigenvalue weighted by Crippen LogP contribution is 2.31. The molecule has 1 aromatic carbocycles. The van der Waals surface area contributed by atoms with Crippen LogP contribution >= 0.6 is 15.9 Å². The molecule has 3 rings (SSSR count). The Labute approximate surface area is 131 Å². The van der Waals surface area contributed by atoms with Crippen molar-refractivity contribution in [3.05, 3.63) is 33.8 Å². The van der Waals surface area contributed by atoms with E-state index in [1.165, 1.54) is 12.8 Å². The Morgan fingerprint density at radius 3 is 2.90 bits per heavy atom. The van der Waals surface area contributed by atoms with E-state index in [1.54, 1.807) is 4.68 Å². The molecule has 6 heteroatoms. The van der Waals surface area contributed by atoms with Gasteiger partial charge in [-0.25, -0.2) is 4.68 Å². The Morgan fingerprint density at radius 1 is 1.52 bits per heavy atom. The molecule has 5 nitrogen and oxygen atoms in total. The predicted octanol–water partition coefficient (Wildman–Crippen LogP) is 3.22. The average Bonchev–Trinajstić information content (AvgIpc) is 3.22. The van der Waals surface area contributed by atoms with Crippen LogP contribution in [-0.4, -0.2) is 16.3 Å². The summed E-state index contributed by atoms with van der Waals surface area (Å²) >= 11 is 3.44. The van der Waals surface area contributed by atoms with Gasteiger partial charge >= 0.3 is 0 Å². The molecule has 3 N–H and O–H groups in total. The van der Waals surface area contributed by atoms with Gasteiger partial charge < -0.3 is 11.1 Å². The van der Waals surface area contributed by atoms with E-state index in [2.05, 4.69) is 32.4 Å². The van der Waals surface area contributed by atoms with E-state index < -0.39 is 0 Å². The molecule has 0 saturated heterocycles. The molecule has 0 radical (unpaired) electrons. The van der Waals surface area contributed by atoms with Gasteiger partial charge in [-0.2, -0.15) is 5.26 Å². The number of aromatic nitrogens is 2. The largest absolute Gasteiger partial charge is 0.382 e. The van der Waals surface area contributed by atoms with Crippen LogP contribution in [0.5, 0.6) is 0 Å². The van der Waals surface area contributed by atoms with Gasteiger partial charge in [-0.05, 0) is 49.4 Å². The van der Waals surface area contributed by atoms with Crippen molar-refractivity contribution in [2.24, 2.45) is 5.92 Å². The Morgan fingerprint density at radius 2 is 2.29 bits per heavy atom. The van der Waals surface area contributed by atoms with Gasteiger partial charge in [-0.3, -0.25) is 0 Å². The first-order chi connectivity index (χ1) is 10.1. The summed E-state index contributed by atoms with van der Waals surface area (Å²) in [5.74, 6) is 1.66. The number of rotatable bonds is 4. The highest BCUT2D eigenvalue weighted by molar-refractivity contribution is 9.10. The van der Waals surface area contributed by atoms with Crippen LogP contribution in [0.4, 0.5) is 11.6 Å². The summed E-state index contributed by atoms with van der Waals surface area (Å²) in [6.45, 7) is 2.84. The van der Waals surface area contributed by atoms with Gasteiger partial charge in [0.2, 0.25) is 0 Å². The highest BCUT2D eigenvalue weighted by Gasteiger charge is 2.23. The second-order valence-electron chi connectivity index (χ2n) is 5.39. The molecule has 0 unspecified atom stereocenters. The summed E-state index contributed by atoms with van der Waals surface area (Å²) in [6, 6.07) is 8.03. The number of hydrogen-bond donors (Lipinski definition) is 2. The molecule has 1 fully saturated rings. The van der Waals surface area contributed by atoms with Crippen molar-refractivity contribution in [3.63, 3.8) is 0 Å².